The van der Waals surface area contributed by atoms with Crippen molar-refractivity contribution in [1.29, 1.82) is 0 Å². The second-order valence-electron chi connectivity index (χ2n) is 4.40. The average Bonchev–Trinajstić information content (AvgIpc) is 2.47. The Hall–Kier alpha value is -2.00. The fourth-order valence-corrected chi connectivity index (χ4v) is 1.93. The molecule has 2 aromatic carbocycles. The Morgan fingerprint density at radius 1 is 0.950 bits per heavy atom. The Labute approximate surface area is 120 Å². The molecule has 0 saturated heterocycles. The number of para-hydroxylation sites is 1. The molecule has 2 aromatic rings. The standard InChI is InChI=1S/C17H21NO2/c1-3-18-13-14-8-5-6-11-17(14)20-16-10-7-9-15(12-16)19-4-2/h5-12,18H,3-4,13H2,1-2H3. The molecule has 0 unspecified atom stereocenters. The maximum atomic E-state index is 5.97. The van der Waals surface area contributed by atoms with Gasteiger partial charge in [-0.25, -0.2) is 0 Å². The summed E-state index contributed by atoms with van der Waals surface area (Å²) in [7, 11) is 0. The van der Waals surface area contributed by atoms with Crippen LogP contribution in [0.4, 0.5) is 0 Å². The van der Waals surface area contributed by atoms with Gasteiger partial charge in [0.05, 0.1) is 6.61 Å². The van der Waals surface area contributed by atoms with Crippen LogP contribution < -0.4 is 14.8 Å². The highest BCUT2D eigenvalue weighted by Crippen LogP contribution is 2.27. The van der Waals surface area contributed by atoms with E-state index < -0.39 is 0 Å². The van der Waals surface area contributed by atoms with Crippen molar-refractivity contribution in [3.05, 3.63) is 54.1 Å². The van der Waals surface area contributed by atoms with Gasteiger partial charge in [0.15, 0.2) is 0 Å². The summed E-state index contributed by atoms with van der Waals surface area (Å²) in [5, 5.41) is 3.32. The lowest BCUT2D eigenvalue weighted by molar-refractivity contribution is 0.338. The molecule has 0 radical (unpaired) electrons. The summed E-state index contributed by atoms with van der Waals surface area (Å²) in [6.07, 6.45) is 0. The first-order chi connectivity index (χ1) is 9.83. The zero-order valence-electron chi connectivity index (χ0n) is 12.1. The zero-order chi connectivity index (χ0) is 14.2. The van der Waals surface area contributed by atoms with Crippen molar-refractivity contribution in [3.63, 3.8) is 0 Å². The minimum Gasteiger partial charge on any atom is -0.494 e. The normalized spacial score (nSPS) is 10.3. The van der Waals surface area contributed by atoms with Crippen LogP contribution in [0, 0.1) is 0 Å². The van der Waals surface area contributed by atoms with Crippen molar-refractivity contribution >= 4 is 0 Å². The van der Waals surface area contributed by atoms with Crippen molar-refractivity contribution in [1.82, 2.24) is 5.32 Å². The SMILES string of the molecule is CCNCc1ccccc1Oc1cccc(OCC)c1. The van der Waals surface area contributed by atoms with Gasteiger partial charge >= 0.3 is 0 Å². The van der Waals surface area contributed by atoms with Crippen LogP contribution in [0.1, 0.15) is 19.4 Å². The number of nitrogens with one attached hydrogen (secondary N) is 1. The third-order valence-corrected chi connectivity index (χ3v) is 2.88. The van der Waals surface area contributed by atoms with Crippen molar-refractivity contribution < 1.29 is 9.47 Å². The second kappa shape index (κ2) is 7.56. The largest absolute Gasteiger partial charge is 0.494 e. The van der Waals surface area contributed by atoms with E-state index in [1.54, 1.807) is 0 Å². The minimum absolute atomic E-state index is 0.653. The topological polar surface area (TPSA) is 30.5 Å². The molecule has 0 aliphatic carbocycles. The Kier molecular flexibility index (Phi) is 5.44. The van der Waals surface area contributed by atoms with E-state index in [4.69, 9.17) is 9.47 Å². The predicted molar refractivity (Wildman–Crippen MR) is 81.5 cm³/mol. The van der Waals surface area contributed by atoms with Gasteiger partial charge in [-0.3, -0.25) is 0 Å². The third kappa shape index (κ3) is 4.00. The monoisotopic (exact) mass is 271 g/mol. The summed E-state index contributed by atoms with van der Waals surface area (Å²) in [4.78, 5) is 0. The van der Waals surface area contributed by atoms with Gasteiger partial charge in [-0.1, -0.05) is 31.2 Å². The molecule has 0 aliphatic heterocycles. The van der Waals surface area contributed by atoms with Crippen LogP contribution in [0.3, 0.4) is 0 Å². The lowest BCUT2D eigenvalue weighted by atomic mass is 10.2. The van der Waals surface area contributed by atoms with Gasteiger partial charge in [0.1, 0.15) is 17.2 Å². The molecule has 3 heteroatoms. The van der Waals surface area contributed by atoms with Crippen LogP contribution in [0.5, 0.6) is 17.2 Å². The van der Waals surface area contributed by atoms with E-state index >= 15 is 0 Å². The summed E-state index contributed by atoms with van der Waals surface area (Å²) in [6, 6.07) is 15.8. The molecule has 0 saturated carbocycles. The first-order valence-electron chi connectivity index (χ1n) is 7.02. The fraction of sp³-hybridized carbons (Fsp3) is 0.294. The van der Waals surface area contributed by atoms with E-state index in [-0.39, 0.29) is 0 Å². The van der Waals surface area contributed by atoms with Crippen LogP contribution in [0.2, 0.25) is 0 Å². The lowest BCUT2D eigenvalue weighted by Gasteiger charge is -2.12. The summed E-state index contributed by atoms with van der Waals surface area (Å²) in [5.74, 6) is 2.50. The molecule has 0 fully saturated rings. The van der Waals surface area contributed by atoms with Gasteiger partial charge in [0, 0.05) is 18.2 Å². The van der Waals surface area contributed by atoms with Gasteiger partial charge in [-0.2, -0.15) is 0 Å². The summed E-state index contributed by atoms with van der Waals surface area (Å²) in [5.41, 5.74) is 1.15. The van der Waals surface area contributed by atoms with Crippen LogP contribution >= 0.6 is 0 Å². The highest BCUT2D eigenvalue weighted by molar-refractivity contribution is 5.40. The van der Waals surface area contributed by atoms with E-state index in [9.17, 15) is 0 Å². The van der Waals surface area contributed by atoms with Gasteiger partial charge < -0.3 is 14.8 Å². The van der Waals surface area contributed by atoms with E-state index in [2.05, 4.69) is 18.3 Å². The van der Waals surface area contributed by atoms with Crippen molar-refractivity contribution in [3.8, 4) is 17.2 Å². The van der Waals surface area contributed by atoms with Crippen molar-refractivity contribution in [2.24, 2.45) is 0 Å². The zero-order valence-corrected chi connectivity index (χ0v) is 12.1. The molecule has 0 amide bonds. The molecule has 0 heterocycles. The molecule has 0 aliphatic rings. The molecule has 0 atom stereocenters. The van der Waals surface area contributed by atoms with Crippen molar-refractivity contribution in [2.75, 3.05) is 13.2 Å². The van der Waals surface area contributed by atoms with Crippen molar-refractivity contribution in [2.45, 2.75) is 20.4 Å². The number of rotatable bonds is 7. The Bertz CT molecular complexity index is 540. The Morgan fingerprint density at radius 2 is 1.75 bits per heavy atom. The second-order valence-corrected chi connectivity index (χ2v) is 4.40. The van der Waals surface area contributed by atoms with Gasteiger partial charge in [0.2, 0.25) is 0 Å². The summed E-state index contributed by atoms with van der Waals surface area (Å²) < 4.78 is 11.5. The lowest BCUT2D eigenvalue weighted by Crippen LogP contribution is -2.12. The smallest absolute Gasteiger partial charge is 0.131 e. The fourth-order valence-electron chi connectivity index (χ4n) is 1.93. The first kappa shape index (κ1) is 14.4. The molecular weight excluding hydrogens is 250 g/mol. The van der Waals surface area contributed by atoms with E-state index in [0.717, 1.165) is 35.9 Å². The molecule has 1 N–H and O–H groups in total. The molecule has 0 aromatic heterocycles. The van der Waals surface area contributed by atoms with Crippen LogP contribution in [-0.4, -0.2) is 13.2 Å². The Morgan fingerprint density at radius 3 is 2.55 bits per heavy atom. The molecular formula is C17H21NO2. The third-order valence-electron chi connectivity index (χ3n) is 2.88. The van der Waals surface area contributed by atoms with Crippen LogP contribution in [-0.2, 0) is 6.54 Å². The minimum atomic E-state index is 0.653. The molecule has 0 spiro atoms. The molecule has 106 valence electrons. The predicted octanol–water partition coefficient (Wildman–Crippen LogP) is 3.99. The summed E-state index contributed by atoms with van der Waals surface area (Å²) >= 11 is 0. The highest BCUT2D eigenvalue weighted by atomic mass is 16.5. The van der Waals surface area contributed by atoms with Crippen LogP contribution in [0.25, 0.3) is 0 Å². The number of benzene rings is 2. The van der Waals surface area contributed by atoms with Crippen LogP contribution in [0.15, 0.2) is 48.5 Å². The van der Waals surface area contributed by atoms with Gasteiger partial charge in [-0.05, 0) is 31.7 Å². The van der Waals surface area contributed by atoms with Gasteiger partial charge in [0.25, 0.3) is 0 Å². The maximum absolute atomic E-state index is 5.97. The number of hydrogen-bond donors (Lipinski definition) is 1. The average molecular weight is 271 g/mol. The van der Waals surface area contributed by atoms with E-state index in [1.165, 1.54) is 0 Å². The van der Waals surface area contributed by atoms with Gasteiger partial charge in [-0.15, -0.1) is 0 Å². The van der Waals surface area contributed by atoms with E-state index in [0.29, 0.717) is 6.61 Å². The highest BCUT2D eigenvalue weighted by Gasteiger charge is 2.04. The maximum Gasteiger partial charge on any atom is 0.131 e. The Balaban J connectivity index is 2.14. The summed E-state index contributed by atoms with van der Waals surface area (Å²) in [6.45, 7) is 6.46. The molecule has 20 heavy (non-hydrogen) atoms. The molecule has 3 nitrogen and oxygen atoms in total. The number of hydrogen-bond acceptors (Lipinski definition) is 3. The molecule has 2 rings (SSSR count). The first-order valence-corrected chi connectivity index (χ1v) is 7.02. The molecule has 0 bridgehead atoms. The van der Waals surface area contributed by atoms with E-state index in [1.807, 2.05) is 49.4 Å². The quantitative estimate of drug-likeness (QED) is 0.826. The number of ether oxygens (including phenoxy) is 2.